The number of pyridine rings is 1. The first-order valence-corrected chi connectivity index (χ1v) is 7.00. The molecule has 0 unspecified atom stereocenters. The van der Waals surface area contributed by atoms with E-state index >= 15 is 0 Å². The fourth-order valence-corrected chi connectivity index (χ4v) is 2.76. The van der Waals surface area contributed by atoms with E-state index in [0.29, 0.717) is 25.4 Å². The van der Waals surface area contributed by atoms with Crippen LogP contribution in [0.1, 0.15) is 16.1 Å². The second-order valence-electron chi connectivity index (χ2n) is 5.32. The van der Waals surface area contributed by atoms with Gasteiger partial charge in [-0.2, -0.15) is 0 Å². The summed E-state index contributed by atoms with van der Waals surface area (Å²) in [7, 11) is 3.22. The lowest BCUT2D eigenvalue weighted by Crippen LogP contribution is -2.34. The Morgan fingerprint density at radius 3 is 2.86 bits per heavy atom. The number of nitrogens with zero attached hydrogens (tertiary/aromatic N) is 2. The van der Waals surface area contributed by atoms with E-state index in [-0.39, 0.29) is 23.7 Å². The van der Waals surface area contributed by atoms with E-state index in [9.17, 15) is 9.59 Å². The molecule has 114 valence electrons. The minimum atomic E-state index is -0.233. The molecule has 1 fully saturated rings. The van der Waals surface area contributed by atoms with Gasteiger partial charge in [-0.15, -0.1) is 0 Å². The average molecular weight is 291 g/mol. The van der Waals surface area contributed by atoms with Gasteiger partial charge in [0, 0.05) is 39.4 Å². The molecule has 0 aliphatic carbocycles. The Labute approximate surface area is 124 Å². The van der Waals surface area contributed by atoms with Crippen molar-refractivity contribution in [3.8, 4) is 0 Å². The zero-order valence-electron chi connectivity index (χ0n) is 12.6. The Balaban J connectivity index is 2.16. The van der Waals surface area contributed by atoms with Crippen LogP contribution in [0.5, 0.6) is 0 Å². The van der Waals surface area contributed by atoms with Crippen LogP contribution in [-0.4, -0.2) is 55.6 Å². The minimum Gasteiger partial charge on any atom is -0.384 e. The zero-order valence-corrected chi connectivity index (χ0v) is 12.6. The van der Waals surface area contributed by atoms with Gasteiger partial charge in [0.1, 0.15) is 5.69 Å². The second-order valence-corrected chi connectivity index (χ2v) is 5.32. The van der Waals surface area contributed by atoms with Crippen molar-refractivity contribution in [2.24, 2.45) is 11.8 Å². The maximum atomic E-state index is 12.6. The van der Waals surface area contributed by atoms with Crippen LogP contribution >= 0.6 is 0 Å². The zero-order chi connectivity index (χ0) is 15.4. The number of ether oxygens (including phenoxy) is 1. The quantitative estimate of drug-likeness (QED) is 0.875. The van der Waals surface area contributed by atoms with Crippen LogP contribution in [0, 0.1) is 18.8 Å². The van der Waals surface area contributed by atoms with E-state index in [2.05, 4.69) is 10.3 Å². The van der Waals surface area contributed by atoms with Crippen LogP contribution in [0.2, 0.25) is 0 Å². The van der Waals surface area contributed by atoms with Crippen LogP contribution in [-0.2, 0) is 9.53 Å². The molecule has 0 bridgehead atoms. The SMILES string of the molecule is CNC(=O)[C@@H]1CN(C(=O)c2ncccc2C)C[C@H]1COC. The van der Waals surface area contributed by atoms with E-state index in [0.717, 1.165) is 5.56 Å². The molecule has 1 aliphatic heterocycles. The number of likely N-dealkylation sites (tertiary alicyclic amines) is 1. The third kappa shape index (κ3) is 3.21. The molecule has 2 rings (SSSR count). The number of aromatic nitrogens is 1. The summed E-state index contributed by atoms with van der Waals surface area (Å²) in [6.07, 6.45) is 1.61. The largest absolute Gasteiger partial charge is 0.384 e. The molecule has 2 heterocycles. The fraction of sp³-hybridized carbons (Fsp3) is 0.533. The molecule has 21 heavy (non-hydrogen) atoms. The van der Waals surface area contributed by atoms with E-state index in [1.165, 1.54) is 0 Å². The van der Waals surface area contributed by atoms with Gasteiger partial charge in [-0.25, -0.2) is 0 Å². The number of hydrogen-bond donors (Lipinski definition) is 1. The molecule has 0 saturated carbocycles. The van der Waals surface area contributed by atoms with Crippen molar-refractivity contribution in [3.63, 3.8) is 0 Å². The standard InChI is InChI=1S/C15H21N3O3/c1-10-5-4-6-17-13(10)15(20)18-7-11(9-21-3)12(8-18)14(19)16-2/h4-6,11-12H,7-9H2,1-3H3,(H,16,19)/t11-,12+/m0/s1. The predicted molar refractivity (Wildman–Crippen MR) is 77.8 cm³/mol. The number of carbonyl (C=O) groups is 2. The Bertz CT molecular complexity index is 533. The van der Waals surface area contributed by atoms with Gasteiger partial charge in [0.05, 0.1) is 12.5 Å². The number of carbonyl (C=O) groups excluding carboxylic acids is 2. The summed E-state index contributed by atoms with van der Waals surface area (Å²) in [5.41, 5.74) is 1.29. The first-order valence-electron chi connectivity index (χ1n) is 7.00. The Hall–Kier alpha value is -1.95. The highest BCUT2D eigenvalue weighted by molar-refractivity contribution is 5.94. The molecule has 1 aromatic heterocycles. The molecular formula is C15H21N3O3. The van der Waals surface area contributed by atoms with Gasteiger partial charge in [-0.3, -0.25) is 14.6 Å². The molecule has 1 N–H and O–H groups in total. The Morgan fingerprint density at radius 2 is 2.24 bits per heavy atom. The number of hydrogen-bond acceptors (Lipinski definition) is 4. The van der Waals surface area contributed by atoms with Crippen molar-refractivity contribution in [2.75, 3.05) is 33.9 Å². The number of amides is 2. The van der Waals surface area contributed by atoms with Gasteiger partial charge < -0.3 is 15.0 Å². The third-order valence-electron chi connectivity index (χ3n) is 3.90. The summed E-state index contributed by atoms with van der Waals surface area (Å²) in [5, 5.41) is 2.66. The first-order chi connectivity index (χ1) is 10.1. The fourth-order valence-electron chi connectivity index (χ4n) is 2.76. The number of aryl methyl sites for hydroxylation is 1. The van der Waals surface area contributed by atoms with E-state index in [1.807, 2.05) is 13.0 Å². The number of rotatable bonds is 4. The van der Waals surface area contributed by atoms with E-state index in [4.69, 9.17) is 4.74 Å². The number of methoxy groups -OCH3 is 1. The molecule has 0 spiro atoms. The maximum absolute atomic E-state index is 12.6. The molecule has 6 heteroatoms. The maximum Gasteiger partial charge on any atom is 0.272 e. The van der Waals surface area contributed by atoms with Crippen molar-refractivity contribution in [1.82, 2.24) is 15.2 Å². The molecule has 0 radical (unpaired) electrons. The van der Waals surface area contributed by atoms with Gasteiger partial charge in [0.15, 0.2) is 0 Å². The Kier molecular flexibility index (Phi) is 4.90. The third-order valence-corrected chi connectivity index (χ3v) is 3.90. The molecular weight excluding hydrogens is 270 g/mol. The topological polar surface area (TPSA) is 71.5 Å². The van der Waals surface area contributed by atoms with Gasteiger partial charge in [0.25, 0.3) is 5.91 Å². The molecule has 1 aliphatic rings. The lowest BCUT2D eigenvalue weighted by Gasteiger charge is -2.16. The van der Waals surface area contributed by atoms with Crippen LogP contribution in [0.15, 0.2) is 18.3 Å². The van der Waals surface area contributed by atoms with Gasteiger partial charge >= 0.3 is 0 Å². The molecule has 2 atom stereocenters. The van der Waals surface area contributed by atoms with Gasteiger partial charge in [-0.1, -0.05) is 6.07 Å². The lowest BCUT2D eigenvalue weighted by molar-refractivity contribution is -0.125. The van der Waals surface area contributed by atoms with Crippen LogP contribution < -0.4 is 5.32 Å². The van der Waals surface area contributed by atoms with Crippen LogP contribution in [0.25, 0.3) is 0 Å². The highest BCUT2D eigenvalue weighted by atomic mass is 16.5. The summed E-state index contributed by atoms with van der Waals surface area (Å²) >= 11 is 0. The van der Waals surface area contributed by atoms with Gasteiger partial charge in [-0.05, 0) is 18.6 Å². The molecule has 1 saturated heterocycles. The Morgan fingerprint density at radius 1 is 1.48 bits per heavy atom. The smallest absolute Gasteiger partial charge is 0.272 e. The van der Waals surface area contributed by atoms with Crippen molar-refractivity contribution in [1.29, 1.82) is 0 Å². The molecule has 0 aromatic carbocycles. The van der Waals surface area contributed by atoms with E-state index < -0.39 is 0 Å². The average Bonchev–Trinajstić information content (AvgIpc) is 2.91. The molecule has 2 amide bonds. The highest BCUT2D eigenvalue weighted by Crippen LogP contribution is 2.25. The lowest BCUT2D eigenvalue weighted by atomic mass is 9.96. The van der Waals surface area contributed by atoms with Crippen molar-refractivity contribution >= 4 is 11.8 Å². The monoisotopic (exact) mass is 291 g/mol. The number of nitrogens with one attached hydrogen (secondary N) is 1. The van der Waals surface area contributed by atoms with Crippen molar-refractivity contribution in [2.45, 2.75) is 6.92 Å². The molecule has 1 aromatic rings. The molecule has 6 nitrogen and oxygen atoms in total. The minimum absolute atomic E-state index is 0.0166. The summed E-state index contributed by atoms with van der Waals surface area (Å²) in [6.45, 7) is 3.24. The first kappa shape index (κ1) is 15.4. The predicted octanol–water partition coefficient (Wildman–Crippen LogP) is 0.471. The second kappa shape index (κ2) is 6.67. The van der Waals surface area contributed by atoms with Crippen molar-refractivity contribution < 1.29 is 14.3 Å². The summed E-state index contributed by atoms with van der Waals surface area (Å²) < 4.78 is 5.17. The summed E-state index contributed by atoms with van der Waals surface area (Å²) in [5.74, 6) is -0.392. The summed E-state index contributed by atoms with van der Waals surface area (Å²) in [4.78, 5) is 30.4. The highest BCUT2D eigenvalue weighted by Gasteiger charge is 2.39. The van der Waals surface area contributed by atoms with Gasteiger partial charge in [0.2, 0.25) is 5.91 Å². The van der Waals surface area contributed by atoms with E-state index in [1.54, 1.807) is 31.3 Å². The normalized spacial score (nSPS) is 21.4. The van der Waals surface area contributed by atoms with Crippen LogP contribution in [0.3, 0.4) is 0 Å². The van der Waals surface area contributed by atoms with Crippen molar-refractivity contribution in [3.05, 3.63) is 29.6 Å². The summed E-state index contributed by atoms with van der Waals surface area (Å²) in [6, 6.07) is 3.66. The van der Waals surface area contributed by atoms with Crippen LogP contribution in [0.4, 0.5) is 0 Å².